The van der Waals surface area contributed by atoms with Crippen molar-refractivity contribution >= 4 is 5.78 Å². The number of Topliss-reactive ketones (excluding diaryl/α,β-unsaturated/α-hetero) is 1. The van der Waals surface area contributed by atoms with E-state index in [1.807, 2.05) is 18.2 Å². The van der Waals surface area contributed by atoms with Gasteiger partial charge in [0.25, 0.3) is 0 Å². The first-order valence-electron chi connectivity index (χ1n) is 8.63. The molecular formula is C20H28O3. The minimum atomic E-state index is -0.945. The molecule has 1 aromatic rings. The van der Waals surface area contributed by atoms with Crippen LogP contribution < -0.4 is 0 Å². The first-order valence-corrected chi connectivity index (χ1v) is 8.63. The van der Waals surface area contributed by atoms with Gasteiger partial charge in [0, 0.05) is 18.6 Å². The summed E-state index contributed by atoms with van der Waals surface area (Å²) in [6, 6.07) is 5.87. The Bertz CT molecular complexity index is 643. The Morgan fingerprint density at radius 3 is 2.57 bits per heavy atom. The van der Waals surface area contributed by atoms with E-state index in [1.165, 1.54) is 0 Å². The van der Waals surface area contributed by atoms with Crippen LogP contribution in [0.4, 0.5) is 0 Å². The highest BCUT2D eigenvalue weighted by molar-refractivity contribution is 5.99. The van der Waals surface area contributed by atoms with Crippen molar-refractivity contribution in [2.45, 2.75) is 64.4 Å². The van der Waals surface area contributed by atoms with E-state index in [0.29, 0.717) is 6.42 Å². The van der Waals surface area contributed by atoms with E-state index < -0.39 is 5.60 Å². The fraction of sp³-hybridized carbons (Fsp3) is 0.650. The smallest absolute Gasteiger partial charge is 0.163 e. The van der Waals surface area contributed by atoms with E-state index in [4.69, 9.17) is 0 Å². The van der Waals surface area contributed by atoms with Crippen LogP contribution in [-0.4, -0.2) is 22.6 Å². The van der Waals surface area contributed by atoms with E-state index >= 15 is 0 Å². The third kappa shape index (κ3) is 2.45. The van der Waals surface area contributed by atoms with Gasteiger partial charge >= 0.3 is 0 Å². The molecule has 2 N–H and O–H groups in total. The number of aliphatic hydroxyl groups excluding tert-OH is 1. The third-order valence-corrected chi connectivity index (χ3v) is 6.45. The van der Waals surface area contributed by atoms with E-state index in [2.05, 4.69) is 13.8 Å². The largest absolute Gasteiger partial charge is 0.396 e. The lowest BCUT2D eigenvalue weighted by Crippen LogP contribution is -2.51. The van der Waals surface area contributed by atoms with Gasteiger partial charge in [-0.25, -0.2) is 0 Å². The van der Waals surface area contributed by atoms with Crippen LogP contribution >= 0.6 is 0 Å². The maximum Gasteiger partial charge on any atom is 0.163 e. The average Bonchev–Trinajstić information content (AvgIpc) is 2.49. The SMILES string of the molecule is CC(C)(O)c1ccc2c(c1)C(=O)C[C@H]1[C@](C)(CO)CCC[C@]21C. The molecule has 2 aliphatic rings. The van der Waals surface area contributed by atoms with Crippen molar-refractivity contribution in [2.75, 3.05) is 6.61 Å². The van der Waals surface area contributed by atoms with Gasteiger partial charge in [-0.15, -0.1) is 0 Å². The maximum absolute atomic E-state index is 12.8. The molecule has 0 spiro atoms. The van der Waals surface area contributed by atoms with Crippen LogP contribution in [0.1, 0.15) is 74.9 Å². The summed E-state index contributed by atoms with van der Waals surface area (Å²) in [6.45, 7) is 8.00. The summed E-state index contributed by atoms with van der Waals surface area (Å²) in [4.78, 5) is 12.8. The maximum atomic E-state index is 12.8. The first kappa shape index (κ1) is 16.7. The molecule has 0 unspecified atom stereocenters. The lowest BCUT2D eigenvalue weighted by atomic mass is 9.50. The Kier molecular flexibility index (Phi) is 3.73. The number of carbonyl (C=O) groups excluding carboxylic acids is 1. The lowest BCUT2D eigenvalue weighted by Gasteiger charge is -2.54. The van der Waals surface area contributed by atoms with Crippen molar-refractivity contribution in [3.05, 3.63) is 34.9 Å². The number of benzene rings is 1. The third-order valence-electron chi connectivity index (χ3n) is 6.45. The van der Waals surface area contributed by atoms with Crippen LogP contribution in [0.5, 0.6) is 0 Å². The highest BCUT2D eigenvalue weighted by atomic mass is 16.3. The number of aliphatic hydroxyl groups is 2. The van der Waals surface area contributed by atoms with Crippen molar-refractivity contribution in [3.63, 3.8) is 0 Å². The van der Waals surface area contributed by atoms with E-state index in [1.54, 1.807) is 13.8 Å². The van der Waals surface area contributed by atoms with Crippen molar-refractivity contribution in [1.29, 1.82) is 0 Å². The molecule has 1 saturated carbocycles. The Labute approximate surface area is 138 Å². The highest BCUT2D eigenvalue weighted by Crippen LogP contribution is 2.57. The quantitative estimate of drug-likeness (QED) is 0.877. The van der Waals surface area contributed by atoms with Crippen molar-refractivity contribution < 1.29 is 15.0 Å². The Morgan fingerprint density at radius 1 is 1.26 bits per heavy atom. The van der Waals surface area contributed by atoms with Crippen LogP contribution in [0.2, 0.25) is 0 Å². The van der Waals surface area contributed by atoms with E-state index in [0.717, 1.165) is 36.0 Å². The molecule has 0 aliphatic heterocycles. The standard InChI is InChI=1S/C20H28O3/c1-18(2,23)13-6-7-15-14(10-13)16(22)11-17-19(3,12-21)8-5-9-20(15,17)4/h6-7,10,17,21,23H,5,8-9,11-12H2,1-4H3/t17-,19-,20+/m0/s1. The molecular weight excluding hydrogens is 288 g/mol. The van der Waals surface area contributed by atoms with Crippen LogP contribution in [0, 0.1) is 11.3 Å². The number of hydrogen-bond acceptors (Lipinski definition) is 3. The van der Waals surface area contributed by atoms with Gasteiger partial charge in [0.2, 0.25) is 0 Å². The van der Waals surface area contributed by atoms with Gasteiger partial charge in [-0.05, 0) is 60.6 Å². The molecule has 2 aliphatic carbocycles. The van der Waals surface area contributed by atoms with Gasteiger partial charge in [-0.3, -0.25) is 4.79 Å². The van der Waals surface area contributed by atoms with E-state index in [9.17, 15) is 15.0 Å². The molecule has 23 heavy (non-hydrogen) atoms. The molecule has 0 aromatic heterocycles. The number of ketones is 1. The fourth-order valence-corrected chi connectivity index (χ4v) is 4.91. The second-order valence-electron chi connectivity index (χ2n) is 8.58. The number of rotatable bonds is 2. The zero-order valence-corrected chi connectivity index (χ0v) is 14.6. The van der Waals surface area contributed by atoms with Crippen LogP contribution in [-0.2, 0) is 11.0 Å². The number of fused-ring (bicyclic) bond motifs is 3. The fourth-order valence-electron chi connectivity index (χ4n) is 4.91. The summed E-state index contributed by atoms with van der Waals surface area (Å²) in [5.41, 5.74) is 1.45. The molecule has 0 radical (unpaired) electrons. The molecule has 126 valence electrons. The second-order valence-corrected chi connectivity index (χ2v) is 8.58. The summed E-state index contributed by atoms with van der Waals surface area (Å²) in [7, 11) is 0. The predicted octanol–water partition coefficient (Wildman–Crippen LogP) is 3.56. The molecule has 3 nitrogen and oxygen atoms in total. The molecule has 3 heteroatoms. The molecule has 0 heterocycles. The average molecular weight is 316 g/mol. The van der Waals surface area contributed by atoms with Gasteiger partial charge in [0.05, 0.1) is 5.60 Å². The zero-order chi connectivity index (χ0) is 17.0. The molecule has 1 aromatic carbocycles. The van der Waals surface area contributed by atoms with E-state index in [-0.39, 0.29) is 29.1 Å². The predicted molar refractivity (Wildman–Crippen MR) is 90.5 cm³/mol. The highest BCUT2D eigenvalue weighted by Gasteiger charge is 2.53. The normalized spacial score (nSPS) is 34.0. The van der Waals surface area contributed by atoms with Gasteiger partial charge < -0.3 is 10.2 Å². The molecule has 1 fully saturated rings. The Balaban J connectivity index is 2.14. The van der Waals surface area contributed by atoms with Crippen LogP contribution in [0.3, 0.4) is 0 Å². The van der Waals surface area contributed by atoms with Crippen LogP contribution in [0.15, 0.2) is 18.2 Å². The van der Waals surface area contributed by atoms with Crippen LogP contribution in [0.25, 0.3) is 0 Å². The summed E-state index contributed by atoms with van der Waals surface area (Å²) in [5, 5.41) is 20.2. The summed E-state index contributed by atoms with van der Waals surface area (Å²) >= 11 is 0. The summed E-state index contributed by atoms with van der Waals surface area (Å²) in [5.74, 6) is 0.330. The molecule has 3 atom stereocenters. The topological polar surface area (TPSA) is 57.5 Å². The minimum absolute atomic E-state index is 0.0723. The Morgan fingerprint density at radius 2 is 1.96 bits per heavy atom. The number of carbonyl (C=O) groups is 1. The van der Waals surface area contributed by atoms with Crippen molar-refractivity contribution in [1.82, 2.24) is 0 Å². The number of hydrogen-bond donors (Lipinski definition) is 2. The van der Waals surface area contributed by atoms with Crippen molar-refractivity contribution in [2.24, 2.45) is 11.3 Å². The molecule has 0 amide bonds. The summed E-state index contributed by atoms with van der Waals surface area (Å²) in [6.07, 6.45) is 3.60. The van der Waals surface area contributed by atoms with Gasteiger partial charge in [0.1, 0.15) is 0 Å². The lowest BCUT2D eigenvalue weighted by molar-refractivity contribution is -0.0142. The first-order chi connectivity index (χ1) is 10.6. The second kappa shape index (κ2) is 5.15. The minimum Gasteiger partial charge on any atom is -0.396 e. The monoisotopic (exact) mass is 316 g/mol. The van der Waals surface area contributed by atoms with Crippen molar-refractivity contribution in [3.8, 4) is 0 Å². The Hall–Kier alpha value is -1.19. The molecule has 0 bridgehead atoms. The zero-order valence-electron chi connectivity index (χ0n) is 14.6. The molecule has 0 saturated heterocycles. The van der Waals surface area contributed by atoms with Gasteiger partial charge in [0.15, 0.2) is 5.78 Å². The van der Waals surface area contributed by atoms with Gasteiger partial charge in [-0.1, -0.05) is 32.4 Å². The van der Waals surface area contributed by atoms with Gasteiger partial charge in [-0.2, -0.15) is 0 Å². The molecule has 3 rings (SSSR count). The summed E-state index contributed by atoms with van der Waals surface area (Å²) < 4.78 is 0.